The molecule has 0 bridgehead atoms. The Morgan fingerprint density at radius 3 is 2.69 bits per heavy atom. The number of rotatable bonds is 2. The molecule has 0 fully saturated rings. The minimum Gasteiger partial charge on any atom is -0.482 e. The van der Waals surface area contributed by atoms with Gasteiger partial charge in [0.1, 0.15) is 0 Å². The molecule has 0 unspecified atom stereocenters. The van der Waals surface area contributed by atoms with Crippen LogP contribution in [0.3, 0.4) is 0 Å². The molecule has 0 atom stereocenters. The number of halogens is 3. The van der Waals surface area contributed by atoms with E-state index in [9.17, 15) is 13.6 Å². The van der Waals surface area contributed by atoms with Gasteiger partial charge in [-0.2, -0.15) is 0 Å². The van der Waals surface area contributed by atoms with Crippen molar-refractivity contribution in [2.45, 2.75) is 6.43 Å². The summed E-state index contributed by atoms with van der Waals surface area (Å²) in [5.74, 6) is -0.205. The lowest BCUT2D eigenvalue weighted by atomic mass is 10.3. The van der Waals surface area contributed by atoms with Gasteiger partial charge in [0.05, 0.1) is 17.1 Å². The first-order chi connectivity index (χ1) is 6.06. The van der Waals surface area contributed by atoms with E-state index < -0.39 is 12.0 Å². The molecule has 0 aliphatic heterocycles. The molecule has 0 saturated heterocycles. The fourth-order valence-electron chi connectivity index (χ4n) is 0.834. The van der Waals surface area contributed by atoms with E-state index in [1.54, 1.807) is 0 Å². The maximum atomic E-state index is 12.3. The summed E-state index contributed by atoms with van der Waals surface area (Å²) in [6.45, 7) is 0. The second-order valence-corrected chi connectivity index (χ2v) is 3.09. The minimum absolute atomic E-state index is 0.0589. The smallest absolute Gasteiger partial charge is 0.269 e. The monoisotopic (exact) mass is 253 g/mol. The number of aromatic amines is 1. The first kappa shape index (κ1) is 10.2. The van der Waals surface area contributed by atoms with Gasteiger partial charge in [-0.3, -0.25) is 9.78 Å². The Labute approximate surface area is 80.9 Å². The average Bonchev–Trinajstić information content (AvgIpc) is 2.08. The summed E-state index contributed by atoms with van der Waals surface area (Å²) in [6, 6.07) is 1.04. The van der Waals surface area contributed by atoms with Crippen molar-refractivity contribution in [2.75, 3.05) is 7.11 Å². The highest BCUT2D eigenvalue weighted by Crippen LogP contribution is 2.27. The first-order valence-corrected chi connectivity index (χ1v) is 4.10. The van der Waals surface area contributed by atoms with Crippen LogP contribution in [0.25, 0.3) is 0 Å². The average molecular weight is 254 g/mol. The van der Waals surface area contributed by atoms with Gasteiger partial charge in [-0.15, -0.1) is 0 Å². The lowest BCUT2D eigenvalue weighted by molar-refractivity contribution is 0.146. The van der Waals surface area contributed by atoms with Crippen molar-refractivity contribution in [2.24, 2.45) is 0 Å². The van der Waals surface area contributed by atoms with Gasteiger partial charge in [0.25, 0.3) is 12.0 Å². The highest BCUT2D eigenvalue weighted by atomic mass is 79.9. The number of aromatic nitrogens is 1. The van der Waals surface area contributed by atoms with Crippen molar-refractivity contribution in [3.63, 3.8) is 0 Å². The van der Waals surface area contributed by atoms with Crippen LogP contribution in [0.1, 0.15) is 12.0 Å². The van der Waals surface area contributed by atoms with E-state index in [1.165, 1.54) is 7.11 Å². The van der Waals surface area contributed by atoms with Crippen LogP contribution in [-0.2, 0) is 0 Å². The second-order valence-electron chi connectivity index (χ2n) is 2.24. The number of methoxy groups -OCH3 is 1. The number of hydrogen-bond donors (Lipinski definition) is 1. The summed E-state index contributed by atoms with van der Waals surface area (Å²) >= 11 is 2.85. The summed E-state index contributed by atoms with van der Waals surface area (Å²) in [5, 5.41) is 0. The summed E-state index contributed by atoms with van der Waals surface area (Å²) in [4.78, 5) is 13.1. The fraction of sp³-hybridized carbons (Fsp3) is 0.286. The molecule has 13 heavy (non-hydrogen) atoms. The number of hydrogen-bond acceptors (Lipinski definition) is 2. The van der Waals surface area contributed by atoms with Gasteiger partial charge >= 0.3 is 0 Å². The Morgan fingerprint density at radius 2 is 2.23 bits per heavy atom. The molecule has 1 N–H and O–H groups in total. The number of pyridine rings is 1. The van der Waals surface area contributed by atoms with Gasteiger partial charge in [-0.1, -0.05) is 0 Å². The van der Waals surface area contributed by atoms with E-state index in [1.807, 2.05) is 0 Å². The molecule has 72 valence electrons. The van der Waals surface area contributed by atoms with E-state index in [4.69, 9.17) is 0 Å². The van der Waals surface area contributed by atoms with Crippen LogP contribution in [-0.4, -0.2) is 12.1 Å². The van der Waals surface area contributed by atoms with E-state index in [0.29, 0.717) is 0 Å². The Kier molecular flexibility index (Phi) is 3.02. The van der Waals surface area contributed by atoms with Gasteiger partial charge in [-0.05, 0) is 22.0 Å². The van der Waals surface area contributed by atoms with Crippen molar-refractivity contribution in [3.05, 3.63) is 26.5 Å². The lowest BCUT2D eigenvalue weighted by Crippen LogP contribution is -2.10. The molecular weight excluding hydrogens is 248 g/mol. The van der Waals surface area contributed by atoms with Crippen LogP contribution in [0.4, 0.5) is 8.78 Å². The normalized spacial score (nSPS) is 10.5. The molecule has 6 heteroatoms. The maximum Gasteiger partial charge on any atom is 0.269 e. The van der Waals surface area contributed by atoms with Crippen molar-refractivity contribution in [3.8, 4) is 5.88 Å². The van der Waals surface area contributed by atoms with Crippen LogP contribution in [0.5, 0.6) is 5.88 Å². The van der Waals surface area contributed by atoms with Gasteiger partial charge in [0, 0.05) is 0 Å². The molecule has 0 saturated carbocycles. The van der Waals surface area contributed by atoms with Crippen LogP contribution in [0.15, 0.2) is 15.3 Å². The van der Waals surface area contributed by atoms with E-state index in [0.717, 1.165) is 6.07 Å². The van der Waals surface area contributed by atoms with Gasteiger partial charge in [0.15, 0.2) is 0 Å². The van der Waals surface area contributed by atoms with E-state index >= 15 is 0 Å². The molecule has 0 radical (unpaired) electrons. The molecule has 1 heterocycles. The maximum absolute atomic E-state index is 12.3. The molecule has 0 aliphatic rings. The van der Waals surface area contributed by atoms with Gasteiger partial charge in [0.2, 0.25) is 5.88 Å². The number of nitrogens with one attached hydrogen (secondary N) is 1. The van der Waals surface area contributed by atoms with Crippen molar-refractivity contribution in [1.29, 1.82) is 0 Å². The Bertz CT molecular complexity index is 364. The summed E-state index contributed by atoms with van der Waals surface area (Å²) in [7, 11) is 1.21. The quantitative estimate of drug-likeness (QED) is 0.877. The molecule has 1 aromatic heterocycles. The number of alkyl halides is 2. The molecule has 0 aliphatic carbocycles. The molecule has 0 spiro atoms. The Balaban J connectivity index is 3.33. The van der Waals surface area contributed by atoms with Crippen LogP contribution >= 0.6 is 15.9 Å². The zero-order chi connectivity index (χ0) is 10.0. The minimum atomic E-state index is -2.68. The van der Waals surface area contributed by atoms with Crippen LogP contribution in [0.2, 0.25) is 0 Å². The molecule has 1 rings (SSSR count). The second kappa shape index (κ2) is 3.87. The van der Waals surface area contributed by atoms with Crippen LogP contribution < -0.4 is 10.3 Å². The zero-order valence-electron chi connectivity index (χ0n) is 6.61. The fourth-order valence-corrected chi connectivity index (χ4v) is 1.18. The van der Waals surface area contributed by atoms with Crippen molar-refractivity contribution < 1.29 is 13.5 Å². The summed E-state index contributed by atoms with van der Waals surface area (Å²) < 4.78 is 29.3. The third-order valence-electron chi connectivity index (χ3n) is 1.43. The Hall–Kier alpha value is -0.910. The van der Waals surface area contributed by atoms with Crippen molar-refractivity contribution in [1.82, 2.24) is 4.98 Å². The third-order valence-corrected chi connectivity index (χ3v) is 2.02. The highest BCUT2D eigenvalue weighted by Gasteiger charge is 2.16. The van der Waals surface area contributed by atoms with Crippen LogP contribution in [0, 0.1) is 0 Å². The standard InChI is InChI=1S/C7H6BrF2NO2/c1-13-7-3(5(9)10)2-4(8)6(12)11-7/h2,5H,1H3,(H,11,12). The number of H-pyrrole nitrogens is 1. The summed E-state index contributed by atoms with van der Waals surface area (Å²) in [6.07, 6.45) is -2.68. The number of ether oxygens (including phenoxy) is 1. The third kappa shape index (κ3) is 2.06. The van der Waals surface area contributed by atoms with Gasteiger partial charge in [-0.25, -0.2) is 8.78 Å². The van der Waals surface area contributed by atoms with E-state index in [2.05, 4.69) is 25.7 Å². The highest BCUT2D eigenvalue weighted by molar-refractivity contribution is 9.10. The van der Waals surface area contributed by atoms with Crippen molar-refractivity contribution >= 4 is 15.9 Å². The topological polar surface area (TPSA) is 42.1 Å². The molecule has 0 amide bonds. The van der Waals surface area contributed by atoms with E-state index in [-0.39, 0.29) is 15.9 Å². The predicted octanol–water partition coefficient (Wildman–Crippen LogP) is 2.08. The SMILES string of the molecule is COc1[nH]c(=O)c(Br)cc1C(F)F. The zero-order valence-corrected chi connectivity index (χ0v) is 8.19. The largest absolute Gasteiger partial charge is 0.482 e. The molecule has 3 nitrogen and oxygen atoms in total. The summed E-state index contributed by atoms with van der Waals surface area (Å²) in [5.41, 5.74) is -0.838. The predicted molar refractivity (Wildman–Crippen MR) is 46.3 cm³/mol. The molecule has 1 aromatic rings. The molecular formula is C7H6BrF2NO2. The Morgan fingerprint density at radius 1 is 1.62 bits per heavy atom. The molecule has 0 aromatic carbocycles. The first-order valence-electron chi connectivity index (χ1n) is 3.31. The van der Waals surface area contributed by atoms with Gasteiger partial charge < -0.3 is 4.74 Å². The lowest BCUT2D eigenvalue weighted by Gasteiger charge is -2.06.